The third-order valence-electron chi connectivity index (χ3n) is 4.38. The van der Waals surface area contributed by atoms with Gasteiger partial charge in [0, 0.05) is 25.3 Å². The van der Waals surface area contributed by atoms with E-state index in [-0.39, 0.29) is 11.6 Å². The van der Waals surface area contributed by atoms with Crippen molar-refractivity contribution in [2.45, 2.75) is 31.7 Å². The number of nitrogens with zero attached hydrogens (tertiary/aromatic N) is 2. The summed E-state index contributed by atoms with van der Waals surface area (Å²) in [6.07, 6.45) is 4.11. The predicted molar refractivity (Wildman–Crippen MR) is 75.2 cm³/mol. The molecule has 0 spiro atoms. The summed E-state index contributed by atoms with van der Waals surface area (Å²) in [6.45, 7) is 0.633. The van der Waals surface area contributed by atoms with Gasteiger partial charge >= 0.3 is 12.0 Å². The number of rotatable bonds is 2. The van der Waals surface area contributed by atoms with Crippen molar-refractivity contribution in [2.24, 2.45) is 0 Å². The summed E-state index contributed by atoms with van der Waals surface area (Å²) in [5.41, 5.74) is 2.03. The zero-order valence-electron chi connectivity index (χ0n) is 11.5. The molecule has 1 heterocycles. The molecule has 0 radical (unpaired) electrons. The van der Waals surface area contributed by atoms with Gasteiger partial charge in [0.25, 0.3) is 0 Å². The molecule has 106 valence electrons. The van der Waals surface area contributed by atoms with Gasteiger partial charge in [-0.3, -0.25) is 4.90 Å². The molecule has 3 rings (SSSR count). The molecule has 5 heteroatoms. The van der Waals surface area contributed by atoms with Gasteiger partial charge in [0.15, 0.2) is 0 Å². The average molecular weight is 274 g/mol. The van der Waals surface area contributed by atoms with Crippen LogP contribution in [-0.4, -0.2) is 41.6 Å². The lowest BCUT2D eigenvalue weighted by Gasteiger charge is -2.37. The van der Waals surface area contributed by atoms with E-state index in [1.807, 2.05) is 13.1 Å². The molecule has 1 aliphatic carbocycles. The van der Waals surface area contributed by atoms with Gasteiger partial charge in [-0.25, -0.2) is 9.59 Å². The van der Waals surface area contributed by atoms with E-state index in [9.17, 15) is 9.59 Å². The fourth-order valence-corrected chi connectivity index (χ4v) is 2.83. The van der Waals surface area contributed by atoms with Gasteiger partial charge in [-0.1, -0.05) is 6.07 Å². The van der Waals surface area contributed by atoms with Crippen LogP contribution in [0.1, 0.15) is 35.2 Å². The molecule has 1 saturated carbocycles. The van der Waals surface area contributed by atoms with E-state index in [2.05, 4.69) is 0 Å². The number of amides is 2. The molecule has 0 atom stereocenters. The Morgan fingerprint density at radius 2 is 2.10 bits per heavy atom. The molecule has 2 aliphatic rings. The molecule has 1 aromatic rings. The Hall–Kier alpha value is -2.04. The minimum atomic E-state index is -0.959. The number of carbonyl (C=O) groups is 2. The first-order valence-corrected chi connectivity index (χ1v) is 6.98. The Kier molecular flexibility index (Phi) is 3.12. The highest BCUT2D eigenvalue weighted by Gasteiger charge is 2.32. The molecular weight excluding hydrogens is 256 g/mol. The van der Waals surface area contributed by atoms with Crippen molar-refractivity contribution in [2.75, 3.05) is 18.5 Å². The van der Waals surface area contributed by atoms with E-state index in [0.717, 1.165) is 30.5 Å². The Morgan fingerprint density at radius 1 is 1.35 bits per heavy atom. The van der Waals surface area contributed by atoms with Crippen LogP contribution >= 0.6 is 0 Å². The van der Waals surface area contributed by atoms with Crippen LogP contribution in [0.25, 0.3) is 0 Å². The van der Waals surface area contributed by atoms with Crippen LogP contribution in [0.2, 0.25) is 0 Å². The van der Waals surface area contributed by atoms with Crippen LogP contribution < -0.4 is 4.90 Å². The lowest BCUT2D eigenvalue weighted by Crippen LogP contribution is -2.48. The molecule has 0 bridgehead atoms. The fourth-order valence-electron chi connectivity index (χ4n) is 2.83. The third-order valence-corrected chi connectivity index (χ3v) is 4.38. The summed E-state index contributed by atoms with van der Waals surface area (Å²) >= 11 is 0. The van der Waals surface area contributed by atoms with Crippen molar-refractivity contribution in [3.8, 4) is 0 Å². The number of carboxylic acids is 1. The van der Waals surface area contributed by atoms with Crippen LogP contribution in [0.15, 0.2) is 18.2 Å². The van der Waals surface area contributed by atoms with Crippen molar-refractivity contribution in [1.82, 2.24) is 4.90 Å². The molecule has 20 heavy (non-hydrogen) atoms. The molecule has 5 nitrogen and oxygen atoms in total. The quantitative estimate of drug-likeness (QED) is 0.900. The summed E-state index contributed by atoms with van der Waals surface area (Å²) in [4.78, 5) is 27.1. The van der Waals surface area contributed by atoms with Gasteiger partial charge in [0.1, 0.15) is 0 Å². The predicted octanol–water partition coefficient (Wildman–Crippen LogP) is 2.35. The van der Waals surface area contributed by atoms with E-state index in [1.165, 1.54) is 6.42 Å². The first-order chi connectivity index (χ1) is 9.58. The van der Waals surface area contributed by atoms with Crippen molar-refractivity contribution in [3.63, 3.8) is 0 Å². The van der Waals surface area contributed by atoms with Gasteiger partial charge in [0.2, 0.25) is 0 Å². The first-order valence-electron chi connectivity index (χ1n) is 6.98. The number of hydrogen-bond donors (Lipinski definition) is 1. The number of aromatic carboxylic acids is 1. The minimum absolute atomic E-state index is 0.0176. The van der Waals surface area contributed by atoms with Crippen molar-refractivity contribution < 1.29 is 14.7 Å². The van der Waals surface area contributed by atoms with Crippen LogP contribution in [0.5, 0.6) is 0 Å². The Bertz CT molecular complexity index is 566. The number of hydrogen-bond acceptors (Lipinski definition) is 2. The van der Waals surface area contributed by atoms with Gasteiger partial charge in [0.05, 0.1) is 5.56 Å². The normalized spacial score (nSPS) is 17.6. The maximum atomic E-state index is 12.5. The summed E-state index contributed by atoms with van der Waals surface area (Å²) < 4.78 is 0. The monoisotopic (exact) mass is 274 g/mol. The molecule has 0 saturated heterocycles. The number of carbonyl (C=O) groups excluding carboxylic acids is 1. The standard InChI is InChI=1S/C15H18N2O3/c1-16(12-3-2-4-12)15(20)17-8-7-10-5-6-11(14(18)19)9-13(10)17/h5-6,9,12H,2-4,7-8H2,1H3,(H,18,19). The largest absolute Gasteiger partial charge is 0.478 e. The lowest BCUT2D eigenvalue weighted by atomic mass is 9.92. The topological polar surface area (TPSA) is 60.9 Å². The molecule has 2 amide bonds. The van der Waals surface area contributed by atoms with Gasteiger partial charge in [-0.05, 0) is 43.4 Å². The van der Waals surface area contributed by atoms with Gasteiger partial charge in [-0.15, -0.1) is 0 Å². The fraction of sp³-hybridized carbons (Fsp3) is 0.467. The van der Waals surface area contributed by atoms with Crippen LogP contribution in [0.4, 0.5) is 10.5 Å². The highest BCUT2D eigenvalue weighted by molar-refractivity contribution is 5.97. The number of fused-ring (bicyclic) bond motifs is 1. The summed E-state index contributed by atoms with van der Waals surface area (Å²) in [7, 11) is 1.84. The Morgan fingerprint density at radius 3 is 2.70 bits per heavy atom. The average Bonchev–Trinajstić information content (AvgIpc) is 2.78. The van der Waals surface area contributed by atoms with Crippen molar-refractivity contribution in [1.29, 1.82) is 0 Å². The second-order valence-electron chi connectivity index (χ2n) is 5.53. The second-order valence-corrected chi connectivity index (χ2v) is 5.53. The highest BCUT2D eigenvalue weighted by atomic mass is 16.4. The van der Waals surface area contributed by atoms with Gasteiger partial charge < -0.3 is 10.0 Å². The lowest BCUT2D eigenvalue weighted by molar-refractivity contribution is 0.0697. The van der Waals surface area contributed by atoms with E-state index in [1.54, 1.807) is 21.9 Å². The third kappa shape index (κ3) is 2.03. The molecule has 0 unspecified atom stereocenters. The van der Waals surface area contributed by atoms with Crippen LogP contribution in [0, 0.1) is 0 Å². The molecule has 1 aromatic carbocycles. The summed E-state index contributed by atoms with van der Waals surface area (Å²) in [5.74, 6) is -0.959. The molecule has 1 fully saturated rings. The van der Waals surface area contributed by atoms with Gasteiger partial charge in [-0.2, -0.15) is 0 Å². The van der Waals surface area contributed by atoms with Crippen LogP contribution in [-0.2, 0) is 6.42 Å². The van der Waals surface area contributed by atoms with E-state index >= 15 is 0 Å². The number of urea groups is 1. The summed E-state index contributed by atoms with van der Waals surface area (Å²) in [5, 5.41) is 9.07. The number of benzene rings is 1. The maximum absolute atomic E-state index is 12.5. The molecular formula is C15H18N2O3. The second kappa shape index (κ2) is 4.81. The van der Waals surface area contributed by atoms with E-state index in [0.29, 0.717) is 12.6 Å². The molecule has 1 N–H and O–H groups in total. The maximum Gasteiger partial charge on any atom is 0.335 e. The molecule has 0 aromatic heterocycles. The Balaban J connectivity index is 1.85. The molecule has 1 aliphatic heterocycles. The highest BCUT2D eigenvalue weighted by Crippen LogP contribution is 2.32. The SMILES string of the molecule is CN(C(=O)N1CCc2ccc(C(=O)O)cc21)C1CCC1. The van der Waals surface area contributed by atoms with E-state index in [4.69, 9.17) is 5.11 Å². The van der Waals surface area contributed by atoms with Crippen molar-refractivity contribution >= 4 is 17.7 Å². The number of anilines is 1. The smallest absolute Gasteiger partial charge is 0.335 e. The summed E-state index contributed by atoms with van der Waals surface area (Å²) in [6, 6.07) is 5.35. The minimum Gasteiger partial charge on any atom is -0.478 e. The van der Waals surface area contributed by atoms with Crippen molar-refractivity contribution in [3.05, 3.63) is 29.3 Å². The number of carboxylic acid groups (broad SMARTS) is 1. The zero-order chi connectivity index (χ0) is 14.3. The Labute approximate surface area is 117 Å². The van der Waals surface area contributed by atoms with Crippen LogP contribution in [0.3, 0.4) is 0 Å². The first kappa shape index (κ1) is 13.0. The van der Waals surface area contributed by atoms with E-state index < -0.39 is 5.97 Å². The zero-order valence-corrected chi connectivity index (χ0v) is 11.5.